The third kappa shape index (κ3) is 5.46. The fourth-order valence-corrected chi connectivity index (χ4v) is 4.95. The van der Waals surface area contributed by atoms with E-state index in [-0.39, 0.29) is 0 Å². The number of benzene rings is 1. The monoisotopic (exact) mass is 489 g/mol. The minimum atomic E-state index is -0.870. The first-order valence-corrected chi connectivity index (χ1v) is 12.6. The third-order valence-electron chi connectivity index (χ3n) is 6.74. The Balaban J connectivity index is 1.38. The predicted molar refractivity (Wildman–Crippen MR) is 141 cm³/mol. The number of hydrogen-bond acceptors (Lipinski definition) is 6. The molecule has 190 valence electrons. The summed E-state index contributed by atoms with van der Waals surface area (Å²) in [5, 5.41) is 18.8. The van der Waals surface area contributed by atoms with E-state index in [1.807, 2.05) is 38.4 Å². The molecule has 1 aliphatic rings. The molecule has 0 bridgehead atoms. The Morgan fingerprint density at radius 2 is 1.89 bits per heavy atom. The first-order valence-electron chi connectivity index (χ1n) is 12.6. The number of aromatic amines is 2. The van der Waals surface area contributed by atoms with E-state index in [1.54, 1.807) is 6.20 Å². The summed E-state index contributed by atoms with van der Waals surface area (Å²) in [6.45, 7) is 11.2. The molecular formula is C28H35N5O3. The van der Waals surface area contributed by atoms with Crippen molar-refractivity contribution in [2.75, 3.05) is 39.5 Å². The van der Waals surface area contributed by atoms with E-state index in [1.165, 1.54) is 0 Å². The average molecular weight is 490 g/mol. The fraction of sp³-hybridized carbons (Fsp3) is 0.429. The van der Waals surface area contributed by atoms with Crippen molar-refractivity contribution in [3.05, 3.63) is 54.0 Å². The topological polar surface area (TPSA) is 99.3 Å². The second kappa shape index (κ2) is 10.4. The molecule has 0 aliphatic carbocycles. The number of fused-ring (bicyclic) bond motifs is 1. The van der Waals surface area contributed by atoms with E-state index >= 15 is 0 Å². The minimum Gasteiger partial charge on any atom is -0.494 e. The van der Waals surface area contributed by atoms with Gasteiger partial charge >= 0.3 is 0 Å². The van der Waals surface area contributed by atoms with Crippen molar-refractivity contribution in [2.45, 2.75) is 39.2 Å². The van der Waals surface area contributed by atoms with Gasteiger partial charge in [-0.3, -0.25) is 10.00 Å². The highest BCUT2D eigenvalue weighted by Crippen LogP contribution is 2.37. The molecule has 1 aromatic carbocycles. The summed E-state index contributed by atoms with van der Waals surface area (Å²) in [7, 11) is 0. The van der Waals surface area contributed by atoms with E-state index in [2.05, 4.69) is 39.1 Å². The fourth-order valence-electron chi connectivity index (χ4n) is 4.95. The van der Waals surface area contributed by atoms with Crippen molar-refractivity contribution in [1.82, 2.24) is 25.1 Å². The summed E-state index contributed by atoms with van der Waals surface area (Å²) >= 11 is 0. The number of nitrogens with zero attached hydrogens (tertiary/aromatic N) is 3. The summed E-state index contributed by atoms with van der Waals surface area (Å²) < 4.78 is 11.4. The molecule has 0 radical (unpaired) electrons. The number of H-pyrrole nitrogens is 2. The van der Waals surface area contributed by atoms with E-state index in [9.17, 15) is 5.11 Å². The molecule has 0 atom stereocenters. The highest BCUT2D eigenvalue weighted by molar-refractivity contribution is 5.94. The third-order valence-corrected chi connectivity index (χ3v) is 6.74. The molecule has 4 aromatic rings. The van der Waals surface area contributed by atoms with Crippen LogP contribution in [0, 0.1) is 6.92 Å². The Bertz CT molecular complexity index is 1280. The zero-order valence-electron chi connectivity index (χ0n) is 21.3. The largest absolute Gasteiger partial charge is 0.494 e. The molecule has 0 amide bonds. The standard InChI is InChI=1S/C28H35N5O3/c1-19-24(21-16-30-31-17-21)18-29-27-25(19)23(15-28(2,3)34)26(32-27)20-5-7-22(8-6-20)36-12-4-9-33-10-13-35-14-11-33/h5-8,16-18,34H,4,9-15H2,1-3H3,(H,29,32)(H,30,31). The van der Waals surface area contributed by atoms with Gasteiger partial charge in [-0.05, 0) is 68.1 Å². The maximum absolute atomic E-state index is 10.7. The van der Waals surface area contributed by atoms with Crippen LogP contribution in [0.2, 0.25) is 0 Å². The van der Waals surface area contributed by atoms with Crippen LogP contribution >= 0.6 is 0 Å². The van der Waals surface area contributed by atoms with Crippen molar-refractivity contribution in [3.63, 3.8) is 0 Å². The van der Waals surface area contributed by atoms with Gasteiger partial charge < -0.3 is 19.6 Å². The molecular weight excluding hydrogens is 454 g/mol. The number of ether oxygens (including phenoxy) is 2. The Kier molecular flexibility index (Phi) is 7.09. The van der Waals surface area contributed by atoms with Gasteiger partial charge in [0.2, 0.25) is 0 Å². The number of morpholine rings is 1. The van der Waals surface area contributed by atoms with Gasteiger partial charge in [0.05, 0.1) is 37.3 Å². The molecule has 1 fully saturated rings. The molecule has 1 saturated heterocycles. The number of rotatable bonds is 9. The van der Waals surface area contributed by atoms with Crippen LogP contribution in [0.4, 0.5) is 0 Å². The number of aromatic nitrogens is 4. The maximum Gasteiger partial charge on any atom is 0.138 e. The number of pyridine rings is 1. The summed E-state index contributed by atoms with van der Waals surface area (Å²) in [5.41, 5.74) is 6.16. The Morgan fingerprint density at radius 1 is 1.11 bits per heavy atom. The van der Waals surface area contributed by atoms with E-state index in [0.29, 0.717) is 13.0 Å². The molecule has 0 spiro atoms. The lowest BCUT2D eigenvalue weighted by atomic mass is 9.92. The lowest BCUT2D eigenvalue weighted by molar-refractivity contribution is 0.0358. The van der Waals surface area contributed by atoms with Gasteiger partial charge in [-0.2, -0.15) is 5.10 Å². The number of hydrogen-bond donors (Lipinski definition) is 3. The van der Waals surface area contributed by atoms with Crippen molar-refractivity contribution in [1.29, 1.82) is 0 Å². The molecule has 8 heteroatoms. The molecule has 3 N–H and O–H groups in total. The van der Waals surface area contributed by atoms with Crippen LogP contribution in [0.15, 0.2) is 42.9 Å². The van der Waals surface area contributed by atoms with Gasteiger partial charge in [0.25, 0.3) is 0 Å². The smallest absolute Gasteiger partial charge is 0.138 e. The van der Waals surface area contributed by atoms with Crippen LogP contribution in [-0.4, -0.2) is 75.2 Å². The maximum atomic E-state index is 10.7. The quantitative estimate of drug-likeness (QED) is 0.303. The molecule has 3 aromatic heterocycles. The molecule has 4 heterocycles. The van der Waals surface area contributed by atoms with Crippen molar-refractivity contribution < 1.29 is 14.6 Å². The van der Waals surface area contributed by atoms with E-state index < -0.39 is 5.60 Å². The van der Waals surface area contributed by atoms with Gasteiger partial charge in [0.1, 0.15) is 11.4 Å². The lowest BCUT2D eigenvalue weighted by Gasteiger charge is -2.26. The molecule has 0 unspecified atom stereocenters. The molecule has 8 nitrogen and oxygen atoms in total. The normalized spacial score (nSPS) is 15.0. The first kappa shape index (κ1) is 24.5. The van der Waals surface area contributed by atoms with Gasteiger partial charge in [-0.1, -0.05) is 0 Å². The van der Waals surface area contributed by atoms with Crippen LogP contribution in [0.1, 0.15) is 31.4 Å². The summed E-state index contributed by atoms with van der Waals surface area (Å²) in [4.78, 5) is 10.7. The zero-order chi connectivity index (χ0) is 25.1. The zero-order valence-corrected chi connectivity index (χ0v) is 21.3. The summed E-state index contributed by atoms with van der Waals surface area (Å²) in [6, 6.07) is 8.17. The molecule has 0 saturated carbocycles. The summed E-state index contributed by atoms with van der Waals surface area (Å²) in [5.74, 6) is 0.859. The highest BCUT2D eigenvalue weighted by Gasteiger charge is 2.24. The number of nitrogens with one attached hydrogen (secondary N) is 2. The number of aryl methyl sites for hydroxylation is 1. The van der Waals surface area contributed by atoms with Crippen LogP contribution < -0.4 is 4.74 Å². The highest BCUT2D eigenvalue weighted by atomic mass is 16.5. The van der Waals surface area contributed by atoms with Crippen LogP contribution in [0.5, 0.6) is 5.75 Å². The Morgan fingerprint density at radius 3 is 2.58 bits per heavy atom. The van der Waals surface area contributed by atoms with Crippen molar-refractivity contribution in [3.8, 4) is 28.1 Å². The Hall–Kier alpha value is -3.20. The number of aliphatic hydroxyl groups is 1. The first-order chi connectivity index (χ1) is 17.4. The van der Waals surface area contributed by atoms with Gasteiger partial charge in [0.15, 0.2) is 0 Å². The Labute approximate surface area is 211 Å². The second-order valence-corrected chi connectivity index (χ2v) is 10.2. The molecule has 5 rings (SSSR count). The lowest BCUT2D eigenvalue weighted by Crippen LogP contribution is -2.37. The van der Waals surface area contributed by atoms with Crippen LogP contribution in [-0.2, 0) is 11.2 Å². The molecule has 1 aliphatic heterocycles. The van der Waals surface area contributed by atoms with E-state index in [0.717, 1.165) is 89.6 Å². The van der Waals surface area contributed by atoms with Crippen molar-refractivity contribution in [2.24, 2.45) is 0 Å². The van der Waals surface area contributed by atoms with Crippen molar-refractivity contribution >= 4 is 11.0 Å². The van der Waals surface area contributed by atoms with Gasteiger partial charge in [-0.25, -0.2) is 4.98 Å². The summed E-state index contributed by atoms with van der Waals surface area (Å²) in [6.07, 6.45) is 7.05. The molecule has 36 heavy (non-hydrogen) atoms. The minimum absolute atomic E-state index is 0.499. The predicted octanol–water partition coefficient (Wildman–Crippen LogP) is 4.34. The van der Waals surface area contributed by atoms with E-state index in [4.69, 9.17) is 14.5 Å². The average Bonchev–Trinajstić information content (AvgIpc) is 3.51. The van der Waals surface area contributed by atoms with Gasteiger partial charge in [0, 0.05) is 55.0 Å². The SMILES string of the molecule is Cc1c(-c2cn[nH]c2)cnc2[nH]c(-c3ccc(OCCCN4CCOCC4)cc3)c(CC(C)(C)O)c12. The van der Waals surface area contributed by atoms with Gasteiger partial charge in [-0.15, -0.1) is 0 Å². The van der Waals surface area contributed by atoms with Crippen LogP contribution in [0.25, 0.3) is 33.4 Å². The van der Waals surface area contributed by atoms with Crippen LogP contribution in [0.3, 0.4) is 0 Å². The second-order valence-electron chi connectivity index (χ2n) is 10.2.